The summed E-state index contributed by atoms with van der Waals surface area (Å²) in [5.74, 6) is 0.465. The van der Waals surface area contributed by atoms with E-state index in [0.29, 0.717) is 36.0 Å². The number of anilines is 1. The number of methoxy groups -OCH3 is 1. The van der Waals surface area contributed by atoms with E-state index in [-0.39, 0.29) is 11.8 Å². The number of halogens is 1. The molecule has 1 aliphatic heterocycles. The molecule has 0 spiro atoms. The lowest BCUT2D eigenvalue weighted by Gasteiger charge is -2.39. The predicted molar refractivity (Wildman–Crippen MR) is 81.8 cm³/mol. The summed E-state index contributed by atoms with van der Waals surface area (Å²) >= 11 is 6.02. The molecule has 1 aliphatic rings. The van der Waals surface area contributed by atoms with E-state index in [4.69, 9.17) is 16.3 Å². The van der Waals surface area contributed by atoms with Crippen molar-refractivity contribution in [2.24, 2.45) is 0 Å². The molecule has 21 heavy (non-hydrogen) atoms. The van der Waals surface area contributed by atoms with E-state index < -0.39 is 6.04 Å². The Morgan fingerprint density at radius 1 is 1.43 bits per heavy atom. The van der Waals surface area contributed by atoms with Gasteiger partial charge in [0.05, 0.1) is 12.8 Å². The van der Waals surface area contributed by atoms with Crippen molar-refractivity contribution in [1.29, 1.82) is 0 Å². The smallest absolute Gasteiger partial charge is 0.249 e. The predicted octanol–water partition coefficient (Wildman–Crippen LogP) is 2.32. The van der Waals surface area contributed by atoms with E-state index in [2.05, 4.69) is 0 Å². The average Bonchev–Trinajstić information content (AvgIpc) is 2.49. The van der Waals surface area contributed by atoms with Crippen LogP contribution in [0.5, 0.6) is 5.75 Å². The lowest BCUT2D eigenvalue weighted by Crippen LogP contribution is -2.57. The van der Waals surface area contributed by atoms with Gasteiger partial charge in [-0.2, -0.15) is 0 Å². The quantitative estimate of drug-likeness (QED) is 0.861. The average molecular weight is 311 g/mol. The van der Waals surface area contributed by atoms with Crippen molar-refractivity contribution >= 4 is 29.1 Å². The van der Waals surface area contributed by atoms with Crippen LogP contribution in [0.25, 0.3) is 0 Å². The maximum atomic E-state index is 12.6. The molecule has 1 aromatic carbocycles. The summed E-state index contributed by atoms with van der Waals surface area (Å²) < 4.78 is 5.30. The van der Waals surface area contributed by atoms with Gasteiger partial charge in [0.1, 0.15) is 11.8 Å². The summed E-state index contributed by atoms with van der Waals surface area (Å²) in [5, 5.41) is 0.540. The Morgan fingerprint density at radius 2 is 2.14 bits per heavy atom. The van der Waals surface area contributed by atoms with E-state index >= 15 is 0 Å². The zero-order valence-corrected chi connectivity index (χ0v) is 13.2. The molecule has 114 valence electrons. The van der Waals surface area contributed by atoms with Crippen LogP contribution in [0.1, 0.15) is 20.3 Å². The van der Waals surface area contributed by atoms with Crippen molar-refractivity contribution < 1.29 is 14.3 Å². The number of rotatable bonds is 3. The molecule has 2 amide bonds. The minimum Gasteiger partial charge on any atom is -0.495 e. The molecule has 0 N–H and O–H groups in total. The van der Waals surface area contributed by atoms with Gasteiger partial charge in [0.15, 0.2) is 0 Å². The molecular formula is C15H19ClN2O3. The number of carbonyl (C=O) groups is 2. The third-order valence-corrected chi connectivity index (χ3v) is 3.95. The normalized spacial score (nSPS) is 18.9. The minimum absolute atomic E-state index is 0.00596. The van der Waals surface area contributed by atoms with Gasteiger partial charge in [-0.25, -0.2) is 0 Å². The summed E-state index contributed by atoms with van der Waals surface area (Å²) in [4.78, 5) is 27.7. The molecule has 2 rings (SSSR count). The highest BCUT2D eigenvalue weighted by Gasteiger charge is 2.35. The molecule has 0 radical (unpaired) electrons. The van der Waals surface area contributed by atoms with Gasteiger partial charge in [0.2, 0.25) is 11.8 Å². The minimum atomic E-state index is -0.477. The molecular weight excluding hydrogens is 292 g/mol. The first-order chi connectivity index (χ1) is 9.99. The van der Waals surface area contributed by atoms with Crippen LogP contribution in [0.2, 0.25) is 5.02 Å². The van der Waals surface area contributed by atoms with Gasteiger partial charge in [0, 0.05) is 24.5 Å². The highest BCUT2D eigenvalue weighted by molar-refractivity contribution is 6.31. The summed E-state index contributed by atoms with van der Waals surface area (Å²) in [6.45, 7) is 4.49. The number of hydrogen-bond acceptors (Lipinski definition) is 3. The number of amides is 2. The van der Waals surface area contributed by atoms with Crippen LogP contribution in [-0.2, 0) is 9.59 Å². The standard InChI is InChI=1S/C15H19ClN2O3/c1-4-14(19)17-7-8-18(15(20)10(17)2)12-9-11(16)5-6-13(12)21-3/h5-6,9-10H,4,7-8H2,1-3H3/t10-/m0/s1. The van der Waals surface area contributed by atoms with Crippen LogP contribution in [0, 0.1) is 0 Å². The molecule has 1 aromatic rings. The van der Waals surface area contributed by atoms with Crippen LogP contribution in [0.3, 0.4) is 0 Å². The largest absolute Gasteiger partial charge is 0.495 e. The maximum Gasteiger partial charge on any atom is 0.249 e. The summed E-state index contributed by atoms with van der Waals surface area (Å²) in [5.41, 5.74) is 0.644. The topological polar surface area (TPSA) is 49.9 Å². The Bertz CT molecular complexity index is 562. The molecule has 1 heterocycles. The molecule has 6 heteroatoms. The fraction of sp³-hybridized carbons (Fsp3) is 0.467. The Morgan fingerprint density at radius 3 is 2.76 bits per heavy atom. The second kappa shape index (κ2) is 6.35. The van der Waals surface area contributed by atoms with Crippen molar-refractivity contribution in [3.05, 3.63) is 23.2 Å². The molecule has 0 saturated carbocycles. The van der Waals surface area contributed by atoms with E-state index in [9.17, 15) is 9.59 Å². The van der Waals surface area contributed by atoms with Gasteiger partial charge < -0.3 is 14.5 Å². The van der Waals surface area contributed by atoms with E-state index in [1.165, 1.54) is 0 Å². The second-order valence-electron chi connectivity index (χ2n) is 4.92. The van der Waals surface area contributed by atoms with E-state index in [0.717, 1.165) is 0 Å². The van der Waals surface area contributed by atoms with Gasteiger partial charge in [0.25, 0.3) is 0 Å². The van der Waals surface area contributed by atoms with Gasteiger partial charge in [-0.05, 0) is 25.1 Å². The van der Waals surface area contributed by atoms with Crippen molar-refractivity contribution in [2.75, 3.05) is 25.1 Å². The Labute approximate surface area is 129 Å². The second-order valence-corrected chi connectivity index (χ2v) is 5.36. The molecule has 1 saturated heterocycles. The molecule has 5 nitrogen and oxygen atoms in total. The molecule has 1 atom stereocenters. The fourth-order valence-electron chi connectivity index (χ4n) is 2.53. The zero-order chi connectivity index (χ0) is 15.6. The van der Waals surface area contributed by atoms with Crippen LogP contribution in [-0.4, -0.2) is 43.0 Å². The van der Waals surface area contributed by atoms with Crippen LogP contribution in [0.15, 0.2) is 18.2 Å². The van der Waals surface area contributed by atoms with E-state index in [1.807, 2.05) is 0 Å². The number of hydrogen-bond donors (Lipinski definition) is 0. The Balaban J connectivity index is 2.30. The van der Waals surface area contributed by atoms with Gasteiger partial charge in [-0.3, -0.25) is 9.59 Å². The van der Waals surface area contributed by atoms with Crippen molar-refractivity contribution in [1.82, 2.24) is 4.90 Å². The van der Waals surface area contributed by atoms with Gasteiger partial charge in [-0.1, -0.05) is 18.5 Å². The fourth-order valence-corrected chi connectivity index (χ4v) is 2.69. The molecule has 1 fully saturated rings. The zero-order valence-electron chi connectivity index (χ0n) is 12.4. The number of ether oxygens (including phenoxy) is 1. The van der Waals surface area contributed by atoms with Crippen molar-refractivity contribution in [2.45, 2.75) is 26.3 Å². The van der Waals surface area contributed by atoms with Crippen molar-refractivity contribution in [3.8, 4) is 5.75 Å². The van der Waals surface area contributed by atoms with Gasteiger partial charge >= 0.3 is 0 Å². The number of nitrogens with zero attached hydrogens (tertiary/aromatic N) is 2. The highest BCUT2D eigenvalue weighted by atomic mass is 35.5. The maximum absolute atomic E-state index is 12.6. The Kier molecular flexibility index (Phi) is 4.73. The van der Waals surface area contributed by atoms with E-state index in [1.54, 1.807) is 49.0 Å². The first kappa shape index (κ1) is 15.6. The first-order valence-corrected chi connectivity index (χ1v) is 7.31. The number of carbonyl (C=O) groups excluding carboxylic acids is 2. The third kappa shape index (κ3) is 2.97. The summed E-state index contributed by atoms with van der Waals surface area (Å²) in [7, 11) is 1.55. The highest BCUT2D eigenvalue weighted by Crippen LogP contribution is 2.33. The lowest BCUT2D eigenvalue weighted by molar-refractivity contribution is -0.140. The number of benzene rings is 1. The molecule has 0 aromatic heterocycles. The lowest BCUT2D eigenvalue weighted by atomic mass is 10.1. The third-order valence-electron chi connectivity index (χ3n) is 3.71. The first-order valence-electron chi connectivity index (χ1n) is 6.94. The van der Waals surface area contributed by atoms with Crippen LogP contribution >= 0.6 is 11.6 Å². The van der Waals surface area contributed by atoms with Crippen LogP contribution < -0.4 is 9.64 Å². The monoisotopic (exact) mass is 310 g/mol. The SMILES string of the molecule is CCC(=O)N1CCN(c2cc(Cl)ccc2OC)C(=O)[C@@H]1C. The van der Waals surface area contributed by atoms with Crippen LogP contribution in [0.4, 0.5) is 5.69 Å². The molecule has 0 bridgehead atoms. The molecule has 0 unspecified atom stereocenters. The Hall–Kier alpha value is -1.75. The number of piperazine rings is 1. The molecule has 0 aliphatic carbocycles. The summed E-state index contributed by atoms with van der Waals surface area (Å²) in [6, 6.07) is 4.69. The van der Waals surface area contributed by atoms with Gasteiger partial charge in [-0.15, -0.1) is 0 Å². The summed E-state index contributed by atoms with van der Waals surface area (Å²) in [6.07, 6.45) is 0.401. The van der Waals surface area contributed by atoms with Crippen molar-refractivity contribution in [3.63, 3.8) is 0 Å².